The number of nitrogens with zero attached hydrogens (tertiary/aromatic N) is 4. The summed E-state index contributed by atoms with van der Waals surface area (Å²) in [5.41, 5.74) is 0.169. The molecule has 0 atom stereocenters. The monoisotopic (exact) mass is 426 g/mol. The molecular formula is C18H18F4N6S. The van der Waals surface area contributed by atoms with E-state index in [2.05, 4.69) is 25.6 Å². The molecule has 0 aliphatic heterocycles. The van der Waals surface area contributed by atoms with Crippen molar-refractivity contribution in [2.75, 3.05) is 7.05 Å². The molecule has 0 amide bonds. The molecule has 0 radical (unpaired) electrons. The second kappa shape index (κ2) is 8.60. The topological polar surface area (TPSA) is 67.1 Å². The average Bonchev–Trinajstić information content (AvgIpc) is 3.31. The molecule has 2 heterocycles. The number of aromatic nitrogens is 3. The highest BCUT2D eigenvalue weighted by Crippen LogP contribution is 2.29. The molecule has 11 heteroatoms. The van der Waals surface area contributed by atoms with Crippen LogP contribution in [-0.2, 0) is 19.3 Å². The average molecular weight is 426 g/mol. The Balaban J connectivity index is 1.57. The fraction of sp³-hybridized carbons (Fsp3) is 0.278. The summed E-state index contributed by atoms with van der Waals surface area (Å²) in [5, 5.41) is 7.14. The smallest absolute Gasteiger partial charge is 0.352 e. The highest BCUT2D eigenvalue weighted by Gasteiger charge is 2.33. The number of aryl methyl sites for hydroxylation is 1. The minimum atomic E-state index is -4.46. The lowest BCUT2D eigenvalue weighted by Gasteiger charge is -2.12. The van der Waals surface area contributed by atoms with Crippen LogP contribution in [0.25, 0.3) is 5.69 Å². The van der Waals surface area contributed by atoms with Crippen LogP contribution < -0.4 is 10.6 Å². The number of benzene rings is 1. The van der Waals surface area contributed by atoms with E-state index in [0.717, 1.165) is 16.7 Å². The van der Waals surface area contributed by atoms with Crippen molar-refractivity contribution in [3.05, 3.63) is 63.9 Å². The maximum absolute atomic E-state index is 14.4. The third kappa shape index (κ3) is 5.11. The first-order chi connectivity index (χ1) is 13.8. The number of guanidine groups is 1. The summed E-state index contributed by atoms with van der Waals surface area (Å²) in [6.07, 6.45) is -1.18. The van der Waals surface area contributed by atoms with Gasteiger partial charge in [-0.2, -0.15) is 13.2 Å². The van der Waals surface area contributed by atoms with E-state index in [1.807, 2.05) is 0 Å². The SMILES string of the molecule is CN=C(NCc1ccc(-n2ccnc2C)c(F)c1)NCc1nc(C(F)(F)F)cs1. The van der Waals surface area contributed by atoms with Crippen molar-refractivity contribution in [1.82, 2.24) is 25.2 Å². The normalized spacial score (nSPS) is 12.3. The fourth-order valence-electron chi connectivity index (χ4n) is 2.58. The zero-order chi connectivity index (χ0) is 21.0. The predicted octanol–water partition coefficient (Wildman–Crippen LogP) is 3.66. The number of alkyl halides is 3. The fourth-order valence-corrected chi connectivity index (χ4v) is 3.32. The van der Waals surface area contributed by atoms with E-state index in [-0.39, 0.29) is 18.1 Å². The first-order valence-electron chi connectivity index (χ1n) is 8.53. The van der Waals surface area contributed by atoms with Crippen LogP contribution in [0.1, 0.15) is 22.1 Å². The summed E-state index contributed by atoms with van der Waals surface area (Å²) in [6.45, 7) is 2.16. The van der Waals surface area contributed by atoms with E-state index < -0.39 is 17.7 Å². The van der Waals surface area contributed by atoms with Crippen LogP contribution in [-0.4, -0.2) is 27.5 Å². The van der Waals surface area contributed by atoms with Crippen LogP contribution in [0.15, 0.2) is 41.0 Å². The quantitative estimate of drug-likeness (QED) is 0.371. The van der Waals surface area contributed by atoms with Gasteiger partial charge in [0.15, 0.2) is 11.7 Å². The Bertz CT molecular complexity index is 1010. The maximum Gasteiger partial charge on any atom is 0.434 e. The number of aliphatic imine (C=N–C) groups is 1. The van der Waals surface area contributed by atoms with E-state index in [0.29, 0.717) is 23.0 Å². The van der Waals surface area contributed by atoms with Crippen LogP contribution >= 0.6 is 11.3 Å². The maximum atomic E-state index is 14.4. The molecule has 29 heavy (non-hydrogen) atoms. The van der Waals surface area contributed by atoms with Crippen LogP contribution in [0.4, 0.5) is 17.6 Å². The second-order valence-corrected chi connectivity index (χ2v) is 6.98. The van der Waals surface area contributed by atoms with Gasteiger partial charge in [-0.3, -0.25) is 4.99 Å². The van der Waals surface area contributed by atoms with E-state index in [9.17, 15) is 17.6 Å². The molecule has 3 rings (SSSR count). The molecule has 0 bridgehead atoms. The lowest BCUT2D eigenvalue weighted by Crippen LogP contribution is -2.36. The molecule has 2 aromatic heterocycles. The second-order valence-electron chi connectivity index (χ2n) is 6.03. The zero-order valence-corrected chi connectivity index (χ0v) is 16.4. The van der Waals surface area contributed by atoms with Gasteiger partial charge < -0.3 is 15.2 Å². The van der Waals surface area contributed by atoms with Gasteiger partial charge in [0.25, 0.3) is 0 Å². The molecule has 0 spiro atoms. The summed E-state index contributed by atoms with van der Waals surface area (Å²) in [6, 6.07) is 4.84. The zero-order valence-electron chi connectivity index (χ0n) is 15.6. The van der Waals surface area contributed by atoms with Gasteiger partial charge in [-0.25, -0.2) is 14.4 Å². The first kappa shape index (κ1) is 20.8. The lowest BCUT2D eigenvalue weighted by atomic mass is 10.2. The Morgan fingerprint density at radius 3 is 2.59 bits per heavy atom. The third-order valence-corrected chi connectivity index (χ3v) is 4.88. The minimum absolute atomic E-state index is 0.0909. The minimum Gasteiger partial charge on any atom is -0.352 e. The molecule has 2 N–H and O–H groups in total. The van der Waals surface area contributed by atoms with Gasteiger partial charge in [-0.15, -0.1) is 11.3 Å². The molecule has 0 aliphatic rings. The number of imidazole rings is 1. The van der Waals surface area contributed by atoms with Crippen molar-refractivity contribution < 1.29 is 17.6 Å². The summed E-state index contributed by atoms with van der Waals surface area (Å²) < 4.78 is 53.9. The number of hydrogen-bond donors (Lipinski definition) is 2. The van der Waals surface area contributed by atoms with Gasteiger partial charge in [0.1, 0.15) is 16.6 Å². The Morgan fingerprint density at radius 2 is 2.00 bits per heavy atom. The molecular weight excluding hydrogens is 408 g/mol. The number of halogens is 4. The van der Waals surface area contributed by atoms with Crippen molar-refractivity contribution in [2.45, 2.75) is 26.2 Å². The summed E-state index contributed by atoms with van der Waals surface area (Å²) >= 11 is 0.913. The highest BCUT2D eigenvalue weighted by atomic mass is 32.1. The van der Waals surface area contributed by atoms with Gasteiger partial charge in [0, 0.05) is 31.4 Å². The Labute approximate surface area is 168 Å². The standard InChI is InChI=1S/C18H18F4N6S/c1-11-24-5-6-28(11)14-4-3-12(7-13(14)19)8-25-17(23-2)26-9-16-27-15(10-29-16)18(20,21)22/h3-7,10H,8-9H2,1-2H3,(H2,23,25,26). The number of nitrogens with one attached hydrogen (secondary N) is 2. The van der Waals surface area contributed by atoms with Crippen molar-refractivity contribution in [1.29, 1.82) is 0 Å². The van der Waals surface area contributed by atoms with Gasteiger partial charge >= 0.3 is 6.18 Å². The molecule has 6 nitrogen and oxygen atoms in total. The molecule has 1 aromatic carbocycles. The van der Waals surface area contributed by atoms with Crippen molar-refractivity contribution in [3.8, 4) is 5.69 Å². The van der Waals surface area contributed by atoms with Crippen LogP contribution in [0, 0.1) is 12.7 Å². The van der Waals surface area contributed by atoms with Gasteiger partial charge in [-0.1, -0.05) is 6.07 Å². The largest absolute Gasteiger partial charge is 0.434 e. The molecule has 154 valence electrons. The Morgan fingerprint density at radius 1 is 1.24 bits per heavy atom. The van der Waals surface area contributed by atoms with E-state index in [4.69, 9.17) is 0 Å². The number of rotatable bonds is 5. The van der Waals surface area contributed by atoms with Crippen molar-refractivity contribution >= 4 is 17.3 Å². The third-order valence-electron chi connectivity index (χ3n) is 4.03. The van der Waals surface area contributed by atoms with Gasteiger partial charge in [0.2, 0.25) is 0 Å². The first-order valence-corrected chi connectivity index (χ1v) is 9.40. The van der Waals surface area contributed by atoms with Gasteiger partial charge in [-0.05, 0) is 24.6 Å². The Kier molecular flexibility index (Phi) is 6.16. The number of hydrogen-bond acceptors (Lipinski definition) is 4. The number of thiazole rings is 1. The lowest BCUT2D eigenvalue weighted by molar-refractivity contribution is -0.140. The van der Waals surface area contributed by atoms with E-state index in [1.165, 1.54) is 13.1 Å². The van der Waals surface area contributed by atoms with Gasteiger partial charge in [0.05, 0.1) is 12.2 Å². The van der Waals surface area contributed by atoms with Crippen molar-refractivity contribution in [2.24, 2.45) is 4.99 Å². The molecule has 0 fully saturated rings. The van der Waals surface area contributed by atoms with Crippen LogP contribution in [0.3, 0.4) is 0 Å². The predicted molar refractivity (Wildman–Crippen MR) is 102 cm³/mol. The Hall–Kier alpha value is -2.95. The summed E-state index contributed by atoms with van der Waals surface area (Å²) in [5.74, 6) is 0.648. The molecule has 3 aromatic rings. The molecule has 0 unspecified atom stereocenters. The van der Waals surface area contributed by atoms with E-state index >= 15 is 0 Å². The molecule has 0 saturated heterocycles. The van der Waals surface area contributed by atoms with Crippen LogP contribution in [0.2, 0.25) is 0 Å². The highest BCUT2D eigenvalue weighted by molar-refractivity contribution is 7.09. The molecule has 0 saturated carbocycles. The van der Waals surface area contributed by atoms with E-state index in [1.54, 1.807) is 36.0 Å². The summed E-state index contributed by atoms with van der Waals surface area (Å²) in [4.78, 5) is 11.6. The summed E-state index contributed by atoms with van der Waals surface area (Å²) in [7, 11) is 1.53. The van der Waals surface area contributed by atoms with Crippen molar-refractivity contribution in [3.63, 3.8) is 0 Å². The molecule has 0 aliphatic carbocycles. The van der Waals surface area contributed by atoms with Crippen LogP contribution in [0.5, 0.6) is 0 Å².